The number of fused-ring (bicyclic) bond motifs is 3. The molecule has 1 saturated heterocycles. The van der Waals surface area contributed by atoms with E-state index in [1.165, 1.54) is 22.2 Å². The molecule has 7 heteroatoms. The van der Waals surface area contributed by atoms with Crippen LogP contribution in [0.4, 0.5) is 0 Å². The van der Waals surface area contributed by atoms with E-state index >= 15 is 0 Å². The Hall–Kier alpha value is -1.34. The number of rotatable bonds is 5. The molecule has 2 aromatic rings. The molecule has 29 heavy (non-hydrogen) atoms. The number of aromatic nitrogens is 2. The highest BCUT2D eigenvalue weighted by Crippen LogP contribution is 2.37. The summed E-state index contributed by atoms with van der Waals surface area (Å²) in [7, 11) is 0. The molecule has 0 bridgehead atoms. The van der Waals surface area contributed by atoms with Crippen LogP contribution in [0.3, 0.4) is 0 Å². The number of carbonyl (C=O) groups excluding carboxylic acids is 1. The van der Waals surface area contributed by atoms with Crippen molar-refractivity contribution in [2.75, 3.05) is 13.1 Å². The molecule has 2 atom stereocenters. The first-order chi connectivity index (χ1) is 13.8. The Labute approximate surface area is 180 Å². The Balaban J connectivity index is 1.73. The summed E-state index contributed by atoms with van der Waals surface area (Å²) in [6.07, 6.45) is 5.34. The van der Waals surface area contributed by atoms with Gasteiger partial charge in [-0.1, -0.05) is 32.5 Å². The number of amides is 1. The Morgan fingerprint density at radius 1 is 1.28 bits per heavy atom. The van der Waals surface area contributed by atoms with Gasteiger partial charge in [-0.2, -0.15) is 0 Å². The van der Waals surface area contributed by atoms with Crippen LogP contribution in [-0.2, 0) is 24.2 Å². The second-order valence-corrected chi connectivity index (χ2v) is 11.4. The van der Waals surface area contributed by atoms with Gasteiger partial charge in [0.25, 0.3) is 5.56 Å². The van der Waals surface area contributed by atoms with Gasteiger partial charge in [0.05, 0.1) is 10.6 Å². The van der Waals surface area contributed by atoms with Gasteiger partial charge in [0.2, 0.25) is 5.91 Å². The molecule has 0 N–H and O–H groups in total. The van der Waals surface area contributed by atoms with E-state index in [1.807, 2.05) is 16.4 Å². The second-order valence-electron chi connectivity index (χ2n) is 9.03. The summed E-state index contributed by atoms with van der Waals surface area (Å²) < 4.78 is 1.83. The second kappa shape index (κ2) is 8.42. The number of nitrogens with zero attached hydrogens (tertiary/aromatic N) is 3. The highest BCUT2D eigenvalue weighted by atomic mass is 32.2. The predicted molar refractivity (Wildman–Crippen MR) is 121 cm³/mol. The number of hydrogen-bond donors (Lipinski definition) is 0. The van der Waals surface area contributed by atoms with E-state index in [4.69, 9.17) is 4.98 Å². The van der Waals surface area contributed by atoms with Gasteiger partial charge < -0.3 is 4.90 Å². The standard InChI is InChI=1S/C22H31N3O2S2/c1-13(2)12-25-21(27)18-16-8-7-14(3)11-17(16)29-19(18)23-22(25)28-15(4)20(26)24-9-5-6-10-24/h13-15H,5-12H2,1-4H3/t14-,15-/m0/s1. The minimum atomic E-state index is -0.231. The molecule has 3 heterocycles. The summed E-state index contributed by atoms with van der Waals surface area (Å²) in [5.74, 6) is 1.17. The summed E-state index contributed by atoms with van der Waals surface area (Å²) in [4.78, 5) is 35.4. The minimum Gasteiger partial charge on any atom is -0.342 e. The molecular formula is C22H31N3O2S2. The van der Waals surface area contributed by atoms with Gasteiger partial charge in [0.15, 0.2) is 5.16 Å². The zero-order chi connectivity index (χ0) is 20.7. The number of thioether (sulfide) groups is 1. The average molecular weight is 434 g/mol. The van der Waals surface area contributed by atoms with Gasteiger partial charge in [-0.25, -0.2) is 4.98 Å². The fourth-order valence-electron chi connectivity index (χ4n) is 4.42. The summed E-state index contributed by atoms with van der Waals surface area (Å²) in [5, 5.41) is 1.30. The van der Waals surface area contributed by atoms with Crippen molar-refractivity contribution in [2.45, 2.75) is 76.8 Å². The van der Waals surface area contributed by atoms with Crippen LogP contribution in [0, 0.1) is 11.8 Å². The van der Waals surface area contributed by atoms with E-state index in [0.717, 1.165) is 55.4 Å². The Bertz CT molecular complexity index is 973. The highest BCUT2D eigenvalue weighted by molar-refractivity contribution is 8.00. The maximum atomic E-state index is 13.5. The zero-order valence-electron chi connectivity index (χ0n) is 17.9. The first kappa shape index (κ1) is 20.9. The van der Waals surface area contributed by atoms with Crippen LogP contribution in [0.1, 0.15) is 57.4 Å². The predicted octanol–water partition coefficient (Wildman–Crippen LogP) is 4.34. The molecule has 0 spiro atoms. The lowest BCUT2D eigenvalue weighted by Crippen LogP contribution is -2.35. The molecule has 2 aromatic heterocycles. The number of aryl methyl sites for hydroxylation is 1. The van der Waals surface area contributed by atoms with Crippen LogP contribution >= 0.6 is 23.1 Å². The first-order valence-corrected chi connectivity index (χ1v) is 12.5. The van der Waals surface area contributed by atoms with Crippen molar-refractivity contribution in [3.8, 4) is 0 Å². The van der Waals surface area contributed by atoms with Crippen LogP contribution in [0.25, 0.3) is 10.2 Å². The van der Waals surface area contributed by atoms with Crippen LogP contribution in [0.2, 0.25) is 0 Å². The van der Waals surface area contributed by atoms with Crippen LogP contribution in [0.5, 0.6) is 0 Å². The van der Waals surface area contributed by atoms with E-state index in [2.05, 4.69) is 20.8 Å². The summed E-state index contributed by atoms with van der Waals surface area (Å²) in [6, 6.07) is 0. The third kappa shape index (κ3) is 4.13. The lowest BCUT2D eigenvalue weighted by molar-refractivity contribution is -0.129. The Kier molecular flexibility index (Phi) is 6.07. The maximum Gasteiger partial charge on any atom is 0.263 e. The Morgan fingerprint density at radius 2 is 2.00 bits per heavy atom. The molecule has 1 aliphatic heterocycles. The molecule has 1 fully saturated rings. The zero-order valence-corrected chi connectivity index (χ0v) is 19.5. The number of hydrogen-bond acceptors (Lipinski definition) is 5. The molecule has 1 aliphatic carbocycles. The van der Waals surface area contributed by atoms with E-state index in [9.17, 15) is 9.59 Å². The molecule has 0 unspecified atom stereocenters. The lowest BCUT2D eigenvalue weighted by Gasteiger charge is -2.21. The normalized spacial score (nSPS) is 20.4. The van der Waals surface area contributed by atoms with Crippen molar-refractivity contribution in [2.24, 2.45) is 11.8 Å². The van der Waals surface area contributed by atoms with Crippen LogP contribution < -0.4 is 5.56 Å². The van der Waals surface area contributed by atoms with E-state index in [0.29, 0.717) is 23.5 Å². The lowest BCUT2D eigenvalue weighted by atomic mass is 9.89. The largest absolute Gasteiger partial charge is 0.342 e. The molecule has 0 saturated carbocycles. The van der Waals surface area contributed by atoms with Gasteiger partial charge >= 0.3 is 0 Å². The summed E-state index contributed by atoms with van der Waals surface area (Å²) >= 11 is 3.14. The molecule has 0 radical (unpaired) electrons. The third-order valence-corrected chi connectivity index (χ3v) is 8.20. The number of carbonyl (C=O) groups is 1. The van der Waals surface area contributed by atoms with E-state index in [1.54, 1.807) is 11.3 Å². The molecule has 158 valence electrons. The summed E-state index contributed by atoms with van der Waals surface area (Å²) in [6.45, 7) is 10.8. The smallest absolute Gasteiger partial charge is 0.263 e. The van der Waals surface area contributed by atoms with Crippen molar-refractivity contribution in [3.05, 3.63) is 20.8 Å². The minimum absolute atomic E-state index is 0.0825. The quantitative estimate of drug-likeness (QED) is 0.520. The van der Waals surface area contributed by atoms with Crippen molar-refractivity contribution >= 4 is 39.2 Å². The number of likely N-dealkylation sites (tertiary alicyclic amines) is 1. The fourth-order valence-corrected chi connectivity index (χ4v) is 6.85. The van der Waals surface area contributed by atoms with Gasteiger partial charge in [-0.15, -0.1) is 11.3 Å². The van der Waals surface area contributed by atoms with Gasteiger partial charge in [0, 0.05) is 24.5 Å². The molecular weight excluding hydrogens is 402 g/mol. The topological polar surface area (TPSA) is 55.2 Å². The van der Waals surface area contributed by atoms with Crippen LogP contribution in [0.15, 0.2) is 9.95 Å². The fraction of sp³-hybridized carbons (Fsp3) is 0.682. The Morgan fingerprint density at radius 3 is 2.69 bits per heavy atom. The molecule has 4 rings (SSSR count). The van der Waals surface area contributed by atoms with Crippen molar-refractivity contribution in [3.63, 3.8) is 0 Å². The van der Waals surface area contributed by atoms with E-state index in [-0.39, 0.29) is 16.7 Å². The first-order valence-electron chi connectivity index (χ1n) is 10.9. The van der Waals surface area contributed by atoms with Gasteiger partial charge in [-0.05, 0) is 56.4 Å². The van der Waals surface area contributed by atoms with Crippen molar-refractivity contribution in [1.82, 2.24) is 14.5 Å². The van der Waals surface area contributed by atoms with Gasteiger partial charge in [0.1, 0.15) is 4.83 Å². The van der Waals surface area contributed by atoms with Crippen molar-refractivity contribution in [1.29, 1.82) is 0 Å². The summed E-state index contributed by atoms with van der Waals surface area (Å²) in [5.41, 5.74) is 1.31. The SMILES string of the molecule is CC(C)Cn1c(S[C@@H](C)C(=O)N2CCCC2)nc2sc3c(c2c1=O)CC[C@H](C)C3. The third-order valence-electron chi connectivity index (χ3n) is 5.98. The number of thiophene rings is 1. The maximum absolute atomic E-state index is 13.5. The van der Waals surface area contributed by atoms with Gasteiger partial charge in [-0.3, -0.25) is 14.2 Å². The van der Waals surface area contributed by atoms with E-state index < -0.39 is 0 Å². The molecule has 0 aromatic carbocycles. The molecule has 1 amide bonds. The monoisotopic (exact) mass is 433 g/mol. The van der Waals surface area contributed by atoms with Crippen LogP contribution in [-0.4, -0.2) is 38.7 Å². The average Bonchev–Trinajstić information content (AvgIpc) is 3.31. The molecule has 5 nitrogen and oxygen atoms in total. The molecule has 2 aliphatic rings. The van der Waals surface area contributed by atoms with Crippen molar-refractivity contribution < 1.29 is 4.79 Å². The highest BCUT2D eigenvalue weighted by Gasteiger charge is 2.28.